The summed E-state index contributed by atoms with van der Waals surface area (Å²) in [6.07, 6.45) is -14.4. The molecule has 0 fully saturated rings. The maximum atomic E-state index is 13.0. The highest BCUT2D eigenvalue weighted by Crippen LogP contribution is 2.51. The summed E-state index contributed by atoms with van der Waals surface area (Å²) in [6.45, 7) is 0. The first kappa shape index (κ1) is 24.4. The molecule has 0 radical (unpaired) electrons. The van der Waals surface area contributed by atoms with Gasteiger partial charge in [0.1, 0.15) is 0 Å². The molecule has 0 bridgehead atoms. The van der Waals surface area contributed by atoms with Crippen molar-refractivity contribution in [3.05, 3.63) is 0 Å². The molecule has 4 nitrogen and oxygen atoms in total. The number of rotatable bonds is 7. The maximum absolute atomic E-state index is 13.0. The number of hydrogen-bond donors (Lipinski definition) is 1. The lowest BCUT2D eigenvalue weighted by molar-refractivity contribution is -0.300. The molecule has 0 spiro atoms. The van der Waals surface area contributed by atoms with Crippen molar-refractivity contribution in [2.45, 2.75) is 48.7 Å². The lowest BCUT2D eigenvalue weighted by Gasteiger charge is -2.35. The predicted octanol–water partition coefficient (Wildman–Crippen LogP) is 3.84. The van der Waals surface area contributed by atoms with Crippen LogP contribution in [0.1, 0.15) is 19.3 Å². The molecule has 0 aliphatic rings. The molecule has 0 aliphatic heterocycles. The molecule has 0 aromatic carbocycles. The lowest BCUT2D eigenvalue weighted by Crippen LogP contribution is -2.61. The third kappa shape index (κ3) is 5.07. The van der Waals surface area contributed by atoms with Crippen molar-refractivity contribution in [2.75, 3.05) is 0 Å². The molecule has 0 saturated heterocycles. The first-order chi connectivity index (χ1) is 9.38. The van der Waals surface area contributed by atoms with Crippen LogP contribution in [0.5, 0.6) is 0 Å². The Morgan fingerprint density at radius 1 is 0.913 bits per heavy atom. The van der Waals surface area contributed by atoms with Gasteiger partial charge >= 0.3 is 23.3 Å². The maximum Gasteiger partial charge on any atom is 0.402 e. The smallest absolute Gasteiger partial charge is 0.402 e. The van der Waals surface area contributed by atoms with E-state index in [9.17, 15) is 56.9 Å². The van der Waals surface area contributed by atoms with E-state index in [0.717, 1.165) is 0 Å². The van der Waals surface area contributed by atoms with Crippen LogP contribution in [-0.4, -0.2) is 42.4 Å². The van der Waals surface area contributed by atoms with Gasteiger partial charge in [-0.1, -0.05) is 0 Å². The van der Waals surface area contributed by atoms with E-state index in [4.69, 9.17) is 0 Å². The molecule has 0 amide bonds. The van der Waals surface area contributed by atoms with E-state index in [0.29, 0.717) is 0 Å². The second kappa shape index (κ2) is 6.96. The van der Waals surface area contributed by atoms with Crippen LogP contribution in [0.25, 0.3) is 0 Å². The highest BCUT2D eigenvalue weighted by atomic mass is 32.2. The number of halogens is 10. The zero-order valence-electron chi connectivity index (χ0n) is 11.1. The van der Waals surface area contributed by atoms with Gasteiger partial charge in [-0.25, -0.2) is 12.8 Å². The van der Waals surface area contributed by atoms with E-state index < -0.39 is 58.8 Å². The van der Waals surface area contributed by atoms with Crippen LogP contribution >= 0.6 is 0 Å². The van der Waals surface area contributed by atoms with E-state index in [1.807, 2.05) is 0 Å². The average molecular weight is 391 g/mol. The van der Waals surface area contributed by atoms with Gasteiger partial charge in [0.15, 0.2) is 16.3 Å². The quantitative estimate of drug-likeness (QED) is 0.528. The Balaban J connectivity index is 0. The van der Waals surface area contributed by atoms with Gasteiger partial charge in [-0.15, -0.1) is 0 Å². The van der Waals surface area contributed by atoms with Crippen LogP contribution in [0.3, 0.4) is 0 Å². The van der Waals surface area contributed by atoms with Crippen LogP contribution in [0.15, 0.2) is 0 Å². The molecule has 15 heteroatoms. The SMILES string of the molecule is O=S(=O)([O-])C(F)(F)C(F)(F)C(F)(F)C(F)CCCC(F)(F)F.[NH4+]. The fraction of sp³-hybridized carbons (Fsp3) is 1.00. The Kier molecular flexibility index (Phi) is 7.39. The Hall–Kier alpha value is -0.830. The van der Waals surface area contributed by atoms with Crippen molar-refractivity contribution in [1.29, 1.82) is 0 Å². The molecule has 1 atom stereocenters. The predicted molar refractivity (Wildman–Crippen MR) is 55.3 cm³/mol. The average Bonchev–Trinajstić information content (AvgIpc) is 2.24. The molecule has 0 aliphatic carbocycles. The highest BCUT2D eigenvalue weighted by Gasteiger charge is 2.77. The Morgan fingerprint density at radius 2 is 1.30 bits per heavy atom. The largest absolute Gasteiger partial charge is 0.743 e. The van der Waals surface area contributed by atoms with Gasteiger partial charge in [-0.05, 0) is 12.8 Å². The molecule has 0 aromatic heterocycles. The summed E-state index contributed by atoms with van der Waals surface area (Å²) < 4.78 is 155. The summed E-state index contributed by atoms with van der Waals surface area (Å²) in [5, 5.41) is -6.85. The van der Waals surface area contributed by atoms with Gasteiger partial charge in [-0.3, -0.25) is 0 Å². The first-order valence-electron chi connectivity index (χ1n) is 5.17. The van der Waals surface area contributed by atoms with Crippen molar-refractivity contribution in [3.63, 3.8) is 0 Å². The third-order valence-corrected chi connectivity index (χ3v) is 3.29. The fourth-order valence-corrected chi connectivity index (χ4v) is 1.66. The summed E-state index contributed by atoms with van der Waals surface area (Å²) in [4.78, 5) is 0. The highest BCUT2D eigenvalue weighted by molar-refractivity contribution is 7.86. The number of alkyl halides is 10. The van der Waals surface area contributed by atoms with Gasteiger partial charge in [0, 0.05) is 6.42 Å². The van der Waals surface area contributed by atoms with E-state index in [2.05, 4.69) is 0 Å². The third-order valence-electron chi connectivity index (χ3n) is 2.41. The van der Waals surface area contributed by atoms with Crippen molar-refractivity contribution >= 4 is 10.1 Å². The van der Waals surface area contributed by atoms with E-state index in [1.165, 1.54) is 0 Å². The Morgan fingerprint density at radius 3 is 1.61 bits per heavy atom. The van der Waals surface area contributed by atoms with E-state index >= 15 is 0 Å². The molecule has 0 aromatic rings. The van der Waals surface area contributed by atoms with Gasteiger partial charge in [-0.2, -0.15) is 39.5 Å². The van der Waals surface area contributed by atoms with Crippen LogP contribution in [0, 0.1) is 0 Å². The minimum absolute atomic E-state index is 0. The number of hydrogen-bond acceptors (Lipinski definition) is 3. The Bertz CT molecular complexity index is 489. The molecule has 142 valence electrons. The zero-order valence-corrected chi connectivity index (χ0v) is 11.9. The van der Waals surface area contributed by atoms with Crippen molar-refractivity contribution in [2.24, 2.45) is 0 Å². The topological polar surface area (TPSA) is 93.7 Å². The second-order valence-corrected chi connectivity index (χ2v) is 5.56. The monoisotopic (exact) mass is 391 g/mol. The minimum atomic E-state index is -7.28. The molecule has 23 heavy (non-hydrogen) atoms. The summed E-state index contributed by atoms with van der Waals surface area (Å²) in [7, 11) is -7.28. The van der Waals surface area contributed by atoms with Gasteiger partial charge < -0.3 is 10.7 Å². The van der Waals surface area contributed by atoms with E-state index in [-0.39, 0.29) is 6.15 Å². The minimum Gasteiger partial charge on any atom is -0.743 e. The van der Waals surface area contributed by atoms with Gasteiger partial charge in [0.05, 0.1) is 0 Å². The summed E-state index contributed by atoms with van der Waals surface area (Å²) >= 11 is 0. The lowest BCUT2D eigenvalue weighted by atomic mass is 10.0. The fourth-order valence-electron chi connectivity index (χ4n) is 1.21. The van der Waals surface area contributed by atoms with Gasteiger partial charge in [0.25, 0.3) is 0 Å². The second-order valence-electron chi connectivity index (χ2n) is 4.14. The molecular formula is C8H11F10NO3S. The van der Waals surface area contributed by atoms with Crippen molar-refractivity contribution in [1.82, 2.24) is 6.15 Å². The van der Waals surface area contributed by atoms with Crippen LogP contribution in [-0.2, 0) is 10.1 Å². The molecular weight excluding hydrogens is 380 g/mol. The summed E-state index contributed by atoms with van der Waals surface area (Å²) in [6, 6.07) is 0. The zero-order chi connectivity index (χ0) is 18.2. The number of quaternary nitrogens is 1. The Labute approximate surface area is 123 Å². The molecule has 4 N–H and O–H groups in total. The molecule has 0 rings (SSSR count). The molecule has 1 unspecified atom stereocenters. The van der Waals surface area contributed by atoms with Crippen LogP contribution in [0.4, 0.5) is 43.9 Å². The van der Waals surface area contributed by atoms with Gasteiger partial charge in [0.2, 0.25) is 0 Å². The standard InChI is InChI=1S/C8H8F10O3S.H3N/c9-4(2-1-3-5(10,11)12)6(13,14)7(15,16)8(17,18)22(19,20)21;/h4H,1-3H2,(H,19,20,21);1H3. The van der Waals surface area contributed by atoms with Crippen LogP contribution in [0.2, 0.25) is 0 Å². The van der Waals surface area contributed by atoms with E-state index in [1.54, 1.807) is 0 Å². The normalized spacial score (nSPS) is 16.0. The van der Waals surface area contributed by atoms with Crippen molar-refractivity contribution in [3.8, 4) is 0 Å². The summed E-state index contributed by atoms with van der Waals surface area (Å²) in [5.41, 5.74) is 0. The van der Waals surface area contributed by atoms with Crippen molar-refractivity contribution < 1.29 is 56.9 Å². The summed E-state index contributed by atoms with van der Waals surface area (Å²) in [5.74, 6) is -13.3. The van der Waals surface area contributed by atoms with Crippen LogP contribution < -0.4 is 6.15 Å². The molecule has 0 saturated carbocycles. The molecule has 0 heterocycles. The first-order valence-corrected chi connectivity index (χ1v) is 6.58.